The first-order valence-electron chi connectivity index (χ1n) is 8.79. The lowest BCUT2D eigenvalue weighted by molar-refractivity contribution is -0.123. The molecule has 28 heavy (non-hydrogen) atoms. The lowest BCUT2D eigenvalue weighted by Gasteiger charge is -2.19. The van der Waals surface area contributed by atoms with Crippen molar-refractivity contribution in [3.05, 3.63) is 59.1 Å². The highest BCUT2D eigenvalue weighted by atomic mass is 35.5. The Balaban J connectivity index is 2.02. The number of carbonyl (C=O) groups is 3. The van der Waals surface area contributed by atoms with Gasteiger partial charge in [0.15, 0.2) is 0 Å². The Morgan fingerprint density at radius 2 is 1.68 bits per heavy atom. The molecule has 3 amide bonds. The Morgan fingerprint density at radius 3 is 2.32 bits per heavy atom. The molecule has 7 heteroatoms. The molecule has 0 unspecified atom stereocenters. The van der Waals surface area contributed by atoms with Gasteiger partial charge in [-0.05, 0) is 30.3 Å². The summed E-state index contributed by atoms with van der Waals surface area (Å²) in [5, 5.41) is 5.90. The summed E-state index contributed by atoms with van der Waals surface area (Å²) >= 11 is 6.02. The molecule has 0 spiro atoms. The Hall–Kier alpha value is -2.86. The topological polar surface area (TPSA) is 78.5 Å². The minimum Gasteiger partial charge on any atom is -0.332 e. The summed E-state index contributed by atoms with van der Waals surface area (Å²) in [6.45, 7) is 5.29. The van der Waals surface area contributed by atoms with Crippen molar-refractivity contribution in [3.63, 3.8) is 0 Å². The summed E-state index contributed by atoms with van der Waals surface area (Å²) in [6.07, 6.45) is 0. The molecule has 0 fully saturated rings. The monoisotopic (exact) mass is 401 g/mol. The van der Waals surface area contributed by atoms with Crippen molar-refractivity contribution >= 4 is 40.7 Å². The smallest absolute Gasteiger partial charge is 0.254 e. The number of nitrogens with zero attached hydrogens (tertiary/aromatic N) is 1. The Morgan fingerprint density at radius 1 is 1.00 bits per heavy atom. The highest BCUT2D eigenvalue weighted by molar-refractivity contribution is 6.33. The zero-order chi connectivity index (χ0) is 20.9. The van der Waals surface area contributed by atoms with Crippen LogP contribution < -0.4 is 10.6 Å². The summed E-state index contributed by atoms with van der Waals surface area (Å²) in [6, 6.07) is 13.5. The number of amides is 3. The van der Waals surface area contributed by atoms with Gasteiger partial charge in [0.25, 0.3) is 5.91 Å². The van der Waals surface area contributed by atoms with Gasteiger partial charge in [0, 0.05) is 23.7 Å². The molecule has 2 aromatic rings. The molecule has 0 bridgehead atoms. The van der Waals surface area contributed by atoms with E-state index in [1.54, 1.807) is 48.5 Å². The van der Waals surface area contributed by atoms with Gasteiger partial charge in [-0.25, -0.2) is 0 Å². The molecular formula is C21H24ClN3O3. The van der Waals surface area contributed by atoms with Crippen LogP contribution in [0.25, 0.3) is 0 Å². The Labute approximate surface area is 169 Å². The van der Waals surface area contributed by atoms with E-state index in [-0.39, 0.29) is 24.3 Å². The van der Waals surface area contributed by atoms with Crippen molar-refractivity contribution in [2.24, 2.45) is 5.41 Å². The largest absolute Gasteiger partial charge is 0.332 e. The molecule has 2 rings (SSSR count). The van der Waals surface area contributed by atoms with Crippen molar-refractivity contribution in [2.75, 3.05) is 24.2 Å². The maximum absolute atomic E-state index is 12.6. The highest BCUT2D eigenvalue weighted by Crippen LogP contribution is 2.21. The highest BCUT2D eigenvalue weighted by Gasteiger charge is 2.22. The van der Waals surface area contributed by atoms with E-state index in [1.807, 2.05) is 20.8 Å². The minimum atomic E-state index is -0.548. The van der Waals surface area contributed by atoms with Crippen LogP contribution in [0.1, 0.15) is 31.1 Å². The van der Waals surface area contributed by atoms with Crippen LogP contribution in [0.4, 0.5) is 11.4 Å². The van der Waals surface area contributed by atoms with Crippen LogP contribution >= 0.6 is 11.6 Å². The predicted octanol–water partition coefficient (Wildman–Crippen LogP) is 4.04. The van der Waals surface area contributed by atoms with Crippen molar-refractivity contribution in [2.45, 2.75) is 20.8 Å². The number of hydrogen-bond donors (Lipinski definition) is 2. The van der Waals surface area contributed by atoms with Crippen LogP contribution in [0.2, 0.25) is 5.02 Å². The third-order valence-corrected chi connectivity index (χ3v) is 4.25. The van der Waals surface area contributed by atoms with E-state index in [4.69, 9.17) is 11.6 Å². The molecule has 6 nitrogen and oxygen atoms in total. The maximum atomic E-state index is 12.6. The van der Waals surface area contributed by atoms with Gasteiger partial charge in [-0.1, -0.05) is 50.6 Å². The second kappa shape index (κ2) is 8.89. The van der Waals surface area contributed by atoms with Gasteiger partial charge in [0.05, 0.1) is 17.3 Å². The van der Waals surface area contributed by atoms with E-state index in [0.717, 1.165) is 0 Å². The summed E-state index contributed by atoms with van der Waals surface area (Å²) in [5.41, 5.74) is 0.842. The molecule has 0 saturated heterocycles. The number of carbonyl (C=O) groups excluding carboxylic acids is 3. The molecule has 0 aliphatic carbocycles. The maximum Gasteiger partial charge on any atom is 0.254 e. The first kappa shape index (κ1) is 21.4. The molecule has 0 atom stereocenters. The van der Waals surface area contributed by atoms with Gasteiger partial charge in [0.1, 0.15) is 0 Å². The average Bonchev–Trinajstić information content (AvgIpc) is 2.62. The Bertz CT molecular complexity index is 890. The van der Waals surface area contributed by atoms with Crippen molar-refractivity contribution in [1.29, 1.82) is 0 Å². The van der Waals surface area contributed by atoms with Gasteiger partial charge in [-0.2, -0.15) is 0 Å². The summed E-state index contributed by atoms with van der Waals surface area (Å²) in [7, 11) is 1.54. The normalized spacial score (nSPS) is 10.9. The lowest BCUT2D eigenvalue weighted by Crippen LogP contribution is -2.35. The average molecular weight is 402 g/mol. The fraction of sp³-hybridized carbons (Fsp3) is 0.286. The fourth-order valence-corrected chi connectivity index (χ4v) is 2.49. The first-order valence-corrected chi connectivity index (χ1v) is 9.17. The predicted molar refractivity (Wildman–Crippen MR) is 112 cm³/mol. The van der Waals surface area contributed by atoms with Gasteiger partial charge < -0.3 is 15.5 Å². The molecule has 0 heterocycles. The summed E-state index contributed by atoms with van der Waals surface area (Å²) < 4.78 is 0. The standard InChI is InChI=1S/C21H24ClN3O3/c1-21(2,3)20(28)23-15-9-7-8-14(12-15)19(27)25(4)13-18(26)24-17-11-6-5-10-16(17)22/h5-12H,13H2,1-4H3,(H,23,28)(H,24,26). The zero-order valence-corrected chi connectivity index (χ0v) is 17.1. The molecule has 2 aromatic carbocycles. The third kappa shape index (κ3) is 5.82. The molecule has 0 radical (unpaired) electrons. The van der Waals surface area contributed by atoms with E-state index in [0.29, 0.717) is 22.0 Å². The van der Waals surface area contributed by atoms with Crippen LogP contribution in [0.3, 0.4) is 0 Å². The van der Waals surface area contributed by atoms with Crippen molar-refractivity contribution < 1.29 is 14.4 Å². The number of halogens is 1. The van der Waals surface area contributed by atoms with Crippen LogP contribution in [-0.4, -0.2) is 36.2 Å². The van der Waals surface area contributed by atoms with Crippen LogP contribution in [-0.2, 0) is 9.59 Å². The van der Waals surface area contributed by atoms with E-state index in [1.165, 1.54) is 11.9 Å². The molecule has 2 N–H and O–H groups in total. The van der Waals surface area contributed by atoms with Gasteiger partial charge in [-0.15, -0.1) is 0 Å². The van der Waals surface area contributed by atoms with Gasteiger partial charge >= 0.3 is 0 Å². The number of anilines is 2. The molecule has 0 aromatic heterocycles. The lowest BCUT2D eigenvalue weighted by atomic mass is 9.95. The molecule has 0 saturated carbocycles. The number of nitrogens with one attached hydrogen (secondary N) is 2. The summed E-state index contributed by atoms with van der Waals surface area (Å²) in [4.78, 5) is 38.3. The van der Waals surface area contributed by atoms with Crippen LogP contribution in [0.5, 0.6) is 0 Å². The van der Waals surface area contributed by atoms with Gasteiger partial charge in [-0.3, -0.25) is 14.4 Å². The molecule has 0 aliphatic heterocycles. The van der Waals surface area contributed by atoms with E-state index < -0.39 is 5.41 Å². The van der Waals surface area contributed by atoms with Crippen molar-refractivity contribution in [3.8, 4) is 0 Å². The number of hydrogen-bond acceptors (Lipinski definition) is 3. The number of benzene rings is 2. The summed E-state index contributed by atoms with van der Waals surface area (Å²) in [5.74, 6) is -0.841. The molecule has 0 aliphatic rings. The van der Waals surface area contributed by atoms with Crippen LogP contribution in [0, 0.1) is 5.41 Å². The SMILES string of the molecule is CN(CC(=O)Nc1ccccc1Cl)C(=O)c1cccc(NC(=O)C(C)(C)C)c1. The van der Waals surface area contributed by atoms with Crippen molar-refractivity contribution in [1.82, 2.24) is 4.90 Å². The van der Waals surface area contributed by atoms with E-state index in [9.17, 15) is 14.4 Å². The van der Waals surface area contributed by atoms with Gasteiger partial charge in [0.2, 0.25) is 11.8 Å². The van der Waals surface area contributed by atoms with E-state index >= 15 is 0 Å². The molecular weight excluding hydrogens is 378 g/mol. The Kier molecular flexibility index (Phi) is 6.80. The second-order valence-electron chi connectivity index (χ2n) is 7.47. The first-order chi connectivity index (χ1) is 13.1. The zero-order valence-electron chi connectivity index (χ0n) is 16.4. The second-order valence-corrected chi connectivity index (χ2v) is 7.88. The number of likely N-dealkylation sites (N-methyl/N-ethyl adjacent to an activating group) is 1. The third-order valence-electron chi connectivity index (χ3n) is 3.92. The van der Waals surface area contributed by atoms with E-state index in [2.05, 4.69) is 10.6 Å². The number of rotatable bonds is 5. The minimum absolute atomic E-state index is 0.136. The molecule has 148 valence electrons. The van der Waals surface area contributed by atoms with Crippen LogP contribution in [0.15, 0.2) is 48.5 Å². The fourth-order valence-electron chi connectivity index (χ4n) is 2.31. The quantitative estimate of drug-likeness (QED) is 0.793. The number of para-hydroxylation sites is 1.